The summed E-state index contributed by atoms with van der Waals surface area (Å²) < 4.78 is 11.7. The second-order valence-corrected chi connectivity index (χ2v) is 14.1. The number of halogens is 1. The summed E-state index contributed by atoms with van der Waals surface area (Å²) in [4.78, 5) is 0. The highest BCUT2D eigenvalue weighted by Crippen LogP contribution is 2.46. The maximum Gasteiger partial charge on any atom is 0.340 e. The monoisotopic (exact) mass is 462 g/mol. The van der Waals surface area contributed by atoms with E-state index in [9.17, 15) is 0 Å². The zero-order valence-corrected chi connectivity index (χ0v) is 23.1. The van der Waals surface area contributed by atoms with E-state index in [1.807, 2.05) is 0 Å². The molecular weight excluding hydrogens is 408 g/mol. The molecule has 0 aliphatic rings. The average molecular weight is 463 g/mol. The van der Waals surface area contributed by atoms with Crippen LogP contribution in [-0.4, -0.2) is 28.7 Å². The Morgan fingerprint density at radius 1 is 0.600 bits per heavy atom. The number of unbranched alkanes of at least 4 members (excludes halogenated alkanes) is 16. The molecular formula is C26H55ClO2Si. The van der Waals surface area contributed by atoms with Crippen LogP contribution < -0.4 is 0 Å². The van der Waals surface area contributed by atoms with Gasteiger partial charge in [-0.1, -0.05) is 123 Å². The molecule has 0 aromatic rings. The highest BCUT2D eigenvalue weighted by molar-refractivity contribution is 6.69. The summed E-state index contributed by atoms with van der Waals surface area (Å²) >= 11 is 6.10. The zero-order valence-electron chi connectivity index (χ0n) is 21.3. The molecule has 0 saturated carbocycles. The summed E-state index contributed by atoms with van der Waals surface area (Å²) in [6, 6.07) is 0. The van der Waals surface area contributed by atoms with Crippen molar-refractivity contribution >= 4 is 20.2 Å². The van der Waals surface area contributed by atoms with Crippen molar-refractivity contribution in [3.05, 3.63) is 0 Å². The first-order valence-corrected chi connectivity index (χ1v) is 16.0. The van der Waals surface area contributed by atoms with Crippen molar-refractivity contribution < 1.29 is 8.85 Å². The molecule has 0 radical (unpaired) electrons. The Bertz CT molecular complexity index is 363. The van der Waals surface area contributed by atoms with Gasteiger partial charge in [0.15, 0.2) is 0 Å². The molecule has 0 fully saturated rings. The molecule has 182 valence electrons. The normalized spacial score (nSPS) is 14.2. The third kappa shape index (κ3) is 13.8. The highest BCUT2D eigenvalue weighted by Gasteiger charge is 2.48. The minimum absolute atomic E-state index is 0.105. The fourth-order valence-corrected chi connectivity index (χ4v) is 7.54. The maximum atomic E-state index is 6.10. The van der Waals surface area contributed by atoms with E-state index in [2.05, 4.69) is 20.4 Å². The Morgan fingerprint density at radius 2 is 0.933 bits per heavy atom. The molecule has 0 spiro atoms. The van der Waals surface area contributed by atoms with Crippen LogP contribution in [0.2, 0.25) is 11.6 Å². The van der Waals surface area contributed by atoms with Gasteiger partial charge in [0.1, 0.15) is 0 Å². The Balaban J connectivity index is 3.57. The van der Waals surface area contributed by atoms with E-state index in [1.54, 1.807) is 14.2 Å². The Labute approximate surface area is 196 Å². The average Bonchev–Trinajstić information content (AvgIpc) is 2.75. The third-order valence-electron chi connectivity index (χ3n) is 7.35. The molecule has 1 atom stereocenters. The molecule has 1 unspecified atom stereocenters. The van der Waals surface area contributed by atoms with Crippen LogP contribution in [0.4, 0.5) is 0 Å². The van der Waals surface area contributed by atoms with Crippen molar-refractivity contribution in [2.45, 2.75) is 147 Å². The van der Waals surface area contributed by atoms with Crippen molar-refractivity contribution in [2.24, 2.45) is 0 Å². The summed E-state index contributed by atoms with van der Waals surface area (Å²) in [7, 11) is 1.44. The van der Waals surface area contributed by atoms with Gasteiger partial charge in [0.2, 0.25) is 0 Å². The van der Waals surface area contributed by atoms with E-state index < -0.39 is 8.56 Å². The van der Waals surface area contributed by atoms with Crippen LogP contribution in [0.15, 0.2) is 0 Å². The van der Waals surface area contributed by atoms with Crippen LogP contribution in [0, 0.1) is 0 Å². The van der Waals surface area contributed by atoms with E-state index >= 15 is 0 Å². The molecule has 0 aliphatic heterocycles. The van der Waals surface area contributed by atoms with Gasteiger partial charge >= 0.3 is 8.56 Å². The largest absolute Gasteiger partial charge is 0.397 e. The first-order valence-electron chi connectivity index (χ1n) is 13.2. The van der Waals surface area contributed by atoms with E-state index in [0.717, 1.165) is 6.42 Å². The van der Waals surface area contributed by atoms with Crippen molar-refractivity contribution in [3.63, 3.8) is 0 Å². The molecule has 0 amide bonds. The summed E-state index contributed by atoms with van der Waals surface area (Å²) in [5.41, 5.74) is 0. The Hall–Kier alpha value is 0.427. The Morgan fingerprint density at radius 3 is 1.23 bits per heavy atom. The molecule has 30 heavy (non-hydrogen) atoms. The van der Waals surface area contributed by atoms with Gasteiger partial charge in [-0.3, -0.25) is 0 Å². The predicted octanol–water partition coefficient (Wildman–Crippen LogP) is 9.78. The van der Waals surface area contributed by atoms with Crippen LogP contribution in [-0.2, 0) is 8.85 Å². The molecule has 2 nitrogen and oxygen atoms in total. The quantitative estimate of drug-likeness (QED) is 0.0853. The molecule has 0 bridgehead atoms. The van der Waals surface area contributed by atoms with Crippen LogP contribution >= 0.6 is 11.6 Å². The highest BCUT2D eigenvalue weighted by atomic mass is 35.5. The lowest BCUT2D eigenvalue weighted by atomic mass is 9.98. The van der Waals surface area contributed by atoms with Gasteiger partial charge in [-0.05, 0) is 19.4 Å². The number of hydrogen-bond acceptors (Lipinski definition) is 2. The summed E-state index contributed by atoms with van der Waals surface area (Å²) in [5, 5.41) is 0.105. The standard InChI is InChI=1S/C26H55ClO2Si/c1-6-7-8-9-10-11-12-13-14-15-16-17-18-19-20-21-22-23-26(2,24-25-27)30(5,28-3)29-4/h6-25H2,1-5H3. The maximum absolute atomic E-state index is 6.10. The summed E-state index contributed by atoms with van der Waals surface area (Å²) in [6.07, 6.45) is 26.2. The molecule has 0 N–H and O–H groups in total. The molecule has 0 rings (SSSR count). The SMILES string of the molecule is CCCCCCCCCCCCCCCCCCCC(C)(CCCl)[Si](C)(OC)OC. The number of rotatable bonds is 23. The van der Waals surface area contributed by atoms with E-state index in [0.29, 0.717) is 5.88 Å². The van der Waals surface area contributed by atoms with Gasteiger partial charge in [0.25, 0.3) is 0 Å². The topological polar surface area (TPSA) is 18.5 Å². The molecule has 0 aliphatic carbocycles. The van der Waals surface area contributed by atoms with Crippen LogP contribution in [0.1, 0.15) is 136 Å². The fraction of sp³-hybridized carbons (Fsp3) is 1.00. The molecule has 0 aromatic heterocycles. The first kappa shape index (κ1) is 30.4. The van der Waals surface area contributed by atoms with Crippen molar-refractivity contribution in [1.82, 2.24) is 0 Å². The van der Waals surface area contributed by atoms with Crippen LogP contribution in [0.5, 0.6) is 0 Å². The van der Waals surface area contributed by atoms with Gasteiger partial charge < -0.3 is 8.85 Å². The third-order valence-corrected chi connectivity index (χ3v) is 11.8. The summed E-state index contributed by atoms with van der Waals surface area (Å²) in [5.74, 6) is 0.685. The van der Waals surface area contributed by atoms with E-state index in [4.69, 9.17) is 20.5 Å². The first-order chi connectivity index (χ1) is 14.5. The van der Waals surface area contributed by atoms with E-state index in [-0.39, 0.29) is 5.04 Å². The second-order valence-electron chi connectivity index (χ2n) is 9.76. The number of alkyl halides is 1. The number of hydrogen-bond donors (Lipinski definition) is 0. The molecule has 0 heterocycles. The van der Waals surface area contributed by atoms with Gasteiger partial charge in [-0.2, -0.15) is 0 Å². The van der Waals surface area contributed by atoms with Crippen LogP contribution in [0.3, 0.4) is 0 Å². The van der Waals surface area contributed by atoms with Gasteiger partial charge in [-0.15, -0.1) is 11.6 Å². The van der Waals surface area contributed by atoms with Gasteiger partial charge in [0, 0.05) is 25.1 Å². The van der Waals surface area contributed by atoms with Crippen LogP contribution in [0.25, 0.3) is 0 Å². The fourth-order valence-electron chi connectivity index (χ4n) is 4.60. The lowest BCUT2D eigenvalue weighted by Crippen LogP contribution is -2.48. The minimum atomic E-state index is -2.17. The van der Waals surface area contributed by atoms with Gasteiger partial charge in [-0.25, -0.2) is 0 Å². The van der Waals surface area contributed by atoms with Crippen molar-refractivity contribution in [2.75, 3.05) is 20.1 Å². The molecule has 0 saturated heterocycles. The van der Waals surface area contributed by atoms with Crippen molar-refractivity contribution in [3.8, 4) is 0 Å². The zero-order chi connectivity index (χ0) is 22.6. The molecule has 4 heteroatoms. The van der Waals surface area contributed by atoms with Gasteiger partial charge in [0.05, 0.1) is 0 Å². The molecule has 0 aromatic carbocycles. The minimum Gasteiger partial charge on any atom is -0.397 e. The Kier molecular flexibility index (Phi) is 20.3. The van der Waals surface area contributed by atoms with E-state index in [1.165, 1.54) is 116 Å². The lowest BCUT2D eigenvalue weighted by Gasteiger charge is -2.41. The van der Waals surface area contributed by atoms with Crippen molar-refractivity contribution in [1.29, 1.82) is 0 Å². The smallest absolute Gasteiger partial charge is 0.340 e. The predicted molar refractivity (Wildman–Crippen MR) is 138 cm³/mol. The summed E-state index contributed by atoms with van der Waals surface area (Å²) in [6.45, 7) is 6.80. The second kappa shape index (κ2) is 20.1. The lowest BCUT2D eigenvalue weighted by molar-refractivity contribution is 0.204.